The highest BCUT2D eigenvalue weighted by Crippen LogP contribution is 2.27. The molecule has 1 aliphatic rings. The molecule has 1 aromatic heterocycles. The van der Waals surface area contributed by atoms with Crippen LogP contribution in [-0.2, 0) is 18.3 Å². The highest BCUT2D eigenvalue weighted by atomic mass is 35.5. The van der Waals surface area contributed by atoms with Crippen molar-refractivity contribution >= 4 is 17.4 Å². The number of carbonyl (C=O) groups excluding carboxylic acids is 1. The lowest BCUT2D eigenvalue weighted by Gasteiger charge is -2.13. The lowest BCUT2D eigenvalue weighted by molar-refractivity contribution is -0.122. The predicted octanol–water partition coefficient (Wildman–Crippen LogP) is 3.07. The summed E-state index contributed by atoms with van der Waals surface area (Å²) in [6, 6.07) is 0. The highest BCUT2D eigenvalue weighted by molar-refractivity contribution is 6.31. The van der Waals surface area contributed by atoms with Crippen molar-refractivity contribution in [3.8, 4) is 0 Å². The zero-order valence-electron chi connectivity index (χ0n) is 10.5. The van der Waals surface area contributed by atoms with Crippen LogP contribution in [0.1, 0.15) is 43.5 Å². The number of carbonyl (C=O) groups is 1. The average molecular weight is 255 g/mol. The monoisotopic (exact) mass is 254 g/mol. The molecule has 1 fully saturated rings. The van der Waals surface area contributed by atoms with Crippen molar-refractivity contribution in [2.75, 3.05) is 0 Å². The molecule has 0 amide bonds. The van der Waals surface area contributed by atoms with Gasteiger partial charge in [0, 0.05) is 25.8 Å². The van der Waals surface area contributed by atoms with Crippen molar-refractivity contribution in [1.29, 1.82) is 0 Å². The second-order valence-electron chi connectivity index (χ2n) is 4.94. The van der Waals surface area contributed by atoms with E-state index < -0.39 is 0 Å². The maximum Gasteiger partial charge on any atom is 0.136 e. The minimum Gasteiger partial charge on any atom is -0.299 e. The second-order valence-corrected chi connectivity index (χ2v) is 5.31. The summed E-state index contributed by atoms with van der Waals surface area (Å²) in [4.78, 5) is 12.0. The molecule has 1 atom stereocenters. The number of hydrogen-bond donors (Lipinski definition) is 0. The molecule has 17 heavy (non-hydrogen) atoms. The SMILES string of the molecule is Cc1nn(C)c(CC2CCCCCC2=O)c1Cl. The van der Waals surface area contributed by atoms with E-state index in [0.29, 0.717) is 5.78 Å². The number of halogens is 1. The number of hydrogen-bond acceptors (Lipinski definition) is 2. The Hall–Kier alpha value is -0.830. The molecule has 0 bridgehead atoms. The van der Waals surface area contributed by atoms with E-state index >= 15 is 0 Å². The van der Waals surface area contributed by atoms with Gasteiger partial charge in [-0.1, -0.05) is 24.4 Å². The number of aromatic nitrogens is 2. The van der Waals surface area contributed by atoms with Gasteiger partial charge in [-0.15, -0.1) is 0 Å². The molecule has 1 aliphatic carbocycles. The average Bonchev–Trinajstić information content (AvgIpc) is 2.45. The fourth-order valence-electron chi connectivity index (χ4n) is 2.58. The van der Waals surface area contributed by atoms with Crippen LogP contribution >= 0.6 is 11.6 Å². The van der Waals surface area contributed by atoms with Gasteiger partial charge < -0.3 is 0 Å². The first-order valence-corrected chi connectivity index (χ1v) is 6.68. The van der Waals surface area contributed by atoms with Gasteiger partial charge in [0.2, 0.25) is 0 Å². The summed E-state index contributed by atoms with van der Waals surface area (Å²) in [5.41, 5.74) is 1.86. The minimum atomic E-state index is 0.143. The van der Waals surface area contributed by atoms with Crippen LogP contribution in [0.25, 0.3) is 0 Å². The maximum absolute atomic E-state index is 12.0. The van der Waals surface area contributed by atoms with Crippen LogP contribution in [0.2, 0.25) is 5.02 Å². The minimum absolute atomic E-state index is 0.143. The Kier molecular flexibility index (Phi) is 3.87. The van der Waals surface area contributed by atoms with E-state index in [4.69, 9.17) is 11.6 Å². The van der Waals surface area contributed by atoms with Gasteiger partial charge in [-0.3, -0.25) is 9.48 Å². The predicted molar refractivity (Wildman–Crippen MR) is 68.2 cm³/mol. The summed E-state index contributed by atoms with van der Waals surface area (Å²) in [5.74, 6) is 0.544. The maximum atomic E-state index is 12.0. The third-order valence-electron chi connectivity index (χ3n) is 3.63. The van der Waals surface area contributed by atoms with Crippen LogP contribution in [0.15, 0.2) is 0 Å². The van der Waals surface area contributed by atoms with E-state index in [1.165, 1.54) is 6.42 Å². The van der Waals surface area contributed by atoms with E-state index in [1.54, 1.807) is 0 Å². The molecule has 0 saturated heterocycles. The fourth-order valence-corrected chi connectivity index (χ4v) is 2.82. The molecule has 0 aliphatic heterocycles. The van der Waals surface area contributed by atoms with E-state index in [9.17, 15) is 4.79 Å². The Bertz CT molecular complexity index is 425. The van der Waals surface area contributed by atoms with Crippen LogP contribution in [0.3, 0.4) is 0 Å². The van der Waals surface area contributed by atoms with Gasteiger partial charge in [-0.25, -0.2) is 0 Å². The fraction of sp³-hybridized carbons (Fsp3) is 0.692. The van der Waals surface area contributed by atoms with Crippen molar-refractivity contribution in [2.24, 2.45) is 13.0 Å². The summed E-state index contributed by atoms with van der Waals surface area (Å²) in [6.07, 6.45) is 5.87. The van der Waals surface area contributed by atoms with Crippen molar-refractivity contribution in [1.82, 2.24) is 9.78 Å². The molecule has 0 radical (unpaired) electrons. The summed E-state index contributed by atoms with van der Waals surface area (Å²) in [6.45, 7) is 1.90. The Morgan fingerprint density at radius 3 is 2.82 bits per heavy atom. The first-order chi connectivity index (χ1) is 8.09. The highest BCUT2D eigenvalue weighted by Gasteiger charge is 2.24. The molecule has 4 heteroatoms. The van der Waals surface area contributed by atoms with Gasteiger partial charge in [0.05, 0.1) is 16.4 Å². The smallest absolute Gasteiger partial charge is 0.136 e. The molecular formula is C13H19ClN2O. The zero-order valence-corrected chi connectivity index (χ0v) is 11.3. The van der Waals surface area contributed by atoms with E-state index in [1.807, 2.05) is 18.7 Å². The quantitative estimate of drug-likeness (QED) is 0.761. The molecule has 3 nitrogen and oxygen atoms in total. The summed E-state index contributed by atoms with van der Waals surface area (Å²) in [7, 11) is 1.90. The topological polar surface area (TPSA) is 34.9 Å². The summed E-state index contributed by atoms with van der Waals surface area (Å²) < 4.78 is 1.82. The largest absolute Gasteiger partial charge is 0.299 e. The van der Waals surface area contributed by atoms with Crippen LogP contribution in [0.5, 0.6) is 0 Å². The van der Waals surface area contributed by atoms with Gasteiger partial charge in [-0.2, -0.15) is 5.10 Å². The lowest BCUT2D eigenvalue weighted by Crippen LogP contribution is -2.17. The Balaban J connectivity index is 2.16. The van der Waals surface area contributed by atoms with Gasteiger partial charge in [0.15, 0.2) is 0 Å². The van der Waals surface area contributed by atoms with Crippen LogP contribution in [0.4, 0.5) is 0 Å². The molecule has 1 aromatic rings. The van der Waals surface area contributed by atoms with E-state index in [-0.39, 0.29) is 5.92 Å². The van der Waals surface area contributed by atoms with Crippen LogP contribution < -0.4 is 0 Å². The van der Waals surface area contributed by atoms with Gasteiger partial charge in [-0.05, 0) is 19.8 Å². The van der Waals surface area contributed by atoms with Gasteiger partial charge in [0.25, 0.3) is 0 Å². The molecular weight excluding hydrogens is 236 g/mol. The standard InChI is InChI=1S/C13H19ClN2O/c1-9-13(14)11(16(2)15-9)8-10-6-4-3-5-7-12(10)17/h10H,3-8H2,1-2H3. The molecule has 1 saturated carbocycles. The third-order valence-corrected chi connectivity index (χ3v) is 4.12. The summed E-state index contributed by atoms with van der Waals surface area (Å²) in [5, 5.41) is 5.02. The normalized spacial score (nSPS) is 21.6. The van der Waals surface area contributed by atoms with E-state index in [0.717, 1.165) is 48.5 Å². The van der Waals surface area contributed by atoms with Gasteiger partial charge >= 0.3 is 0 Å². The molecule has 0 spiro atoms. The molecule has 0 N–H and O–H groups in total. The Morgan fingerprint density at radius 2 is 2.18 bits per heavy atom. The third kappa shape index (κ3) is 2.71. The lowest BCUT2D eigenvalue weighted by atomic mass is 9.93. The molecule has 0 aromatic carbocycles. The number of Topliss-reactive ketones (excluding diaryl/α,β-unsaturated/α-hetero) is 1. The van der Waals surface area contributed by atoms with Crippen molar-refractivity contribution < 1.29 is 4.79 Å². The van der Waals surface area contributed by atoms with E-state index in [2.05, 4.69) is 5.10 Å². The number of ketones is 1. The summed E-state index contributed by atoms with van der Waals surface area (Å²) >= 11 is 6.23. The van der Waals surface area contributed by atoms with Crippen molar-refractivity contribution in [3.05, 3.63) is 16.4 Å². The number of aryl methyl sites for hydroxylation is 2. The Morgan fingerprint density at radius 1 is 1.41 bits per heavy atom. The second kappa shape index (κ2) is 5.21. The van der Waals surface area contributed by atoms with Gasteiger partial charge in [0.1, 0.15) is 5.78 Å². The molecule has 1 unspecified atom stereocenters. The molecule has 94 valence electrons. The molecule has 1 heterocycles. The first kappa shape index (κ1) is 12.6. The molecule has 2 rings (SSSR count). The first-order valence-electron chi connectivity index (χ1n) is 6.30. The van der Waals surface area contributed by atoms with Crippen molar-refractivity contribution in [3.63, 3.8) is 0 Å². The van der Waals surface area contributed by atoms with Crippen LogP contribution in [-0.4, -0.2) is 15.6 Å². The number of rotatable bonds is 2. The zero-order chi connectivity index (χ0) is 12.4. The van der Waals surface area contributed by atoms with Crippen LogP contribution in [0, 0.1) is 12.8 Å². The van der Waals surface area contributed by atoms with Crippen molar-refractivity contribution in [2.45, 2.75) is 45.4 Å². The Labute approximate surface area is 107 Å². The number of nitrogens with zero attached hydrogens (tertiary/aromatic N) is 2.